The first-order valence-electron chi connectivity index (χ1n) is 8.28. The van der Waals surface area contributed by atoms with Crippen LogP contribution < -0.4 is 18.1 Å². The van der Waals surface area contributed by atoms with Crippen molar-refractivity contribution >= 4 is 22.7 Å². The molecular formula is C19H18ClFN4OS. The van der Waals surface area contributed by atoms with Gasteiger partial charge >= 0.3 is 0 Å². The minimum absolute atomic E-state index is 0. The Kier molecular flexibility index (Phi) is 6.15. The summed E-state index contributed by atoms with van der Waals surface area (Å²) in [5.74, 6) is 0.707. The first kappa shape index (κ1) is 19.4. The monoisotopic (exact) mass is 404 g/mol. The molecule has 0 radical (unpaired) electrons. The second kappa shape index (κ2) is 8.56. The van der Waals surface area contributed by atoms with E-state index in [1.54, 1.807) is 12.1 Å². The maximum atomic E-state index is 13.7. The highest BCUT2D eigenvalue weighted by Crippen LogP contribution is 2.26. The van der Waals surface area contributed by atoms with Crippen molar-refractivity contribution in [3.05, 3.63) is 77.6 Å². The van der Waals surface area contributed by atoms with Gasteiger partial charge in [0.2, 0.25) is 0 Å². The molecule has 0 spiro atoms. The fourth-order valence-electron chi connectivity index (χ4n) is 2.85. The van der Waals surface area contributed by atoms with Crippen LogP contribution in [-0.2, 0) is 12.2 Å². The lowest BCUT2D eigenvalue weighted by Crippen LogP contribution is -3.00. The molecule has 0 amide bonds. The molecule has 0 saturated carbocycles. The molecule has 4 rings (SSSR count). The molecule has 0 aliphatic heterocycles. The van der Waals surface area contributed by atoms with Crippen LogP contribution in [-0.4, -0.2) is 15.2 Å². The summed E-state index contributed by atoms with van der Waals surface area (Å²) in [6.07, 6.45) is 2.69. The van der Waals surface area contributed by atoms with Crippen molar-refractivity contribution < 1.29 is 26.9 Å². The molecule has 0 unspecified atom stereocenters. The van der Waals surface area contributed by atoms with E-state index in [0.29, 0.717) is 28.9 Å². The van der Waals surface area contributed by atoms with Crippen LogP contribution in [0.2, 0.25) is 0 Å². The smallest absolute Gasteiger partial charge is 0.277 e. The molecule has 0 aliphatic carbocycles. The normalized spacial score (nSPS) is 12.1. The van der Waals surface area contributed by atoms with Crippen LogP contribution in [0.15, 0.2) is 64.4 Å². The van der Waals surface area contributed by atoms with Crippen LogP contribution >= 0.6 is 11.8 Å². The first-order valence-corrected chi connectivity index (χ1v) is 9.27. The summed E-state index contributed by atoms with van der Waals surface area (Å²) in [6, 6.07) is 14.7. The predicted molar refractivity (Wildman–Crippen MR) is 97.9 cm³/mol. The Hall–Kier alpha value is -2.35. The summed E-state index contributed by atoms with van der Waals surface area (Å²) in [4.78, 5) is 3.26. The number of fused-ring (bicyclic) bond motifs is 1. The van der Waals surface area contributed by atoms with Crippen molar-refractivity contribution in [1.29, 1.82) is 0 Å². The van der Waals surface area contributed by atoms with E-state index >= 15 is 0 Å². The Balaban J connectivity index is 0.00000210. The van der Waals surface area contributed by atoms with Gasteiger partial charge in [-0.1, -0.05) is 48.2 Å². The van der Waals surface area contributed by atoms with Crippen LogP contribution in [0.4, 0.5) is 4.39 Å². The molecule has 0 fully saturated rings. The SMILES string of the molecule is [Cl-].[NH3+][C@@H](Cc1c[nH]c2ccccc12)c1nnc(SCc2ccccc2F)o1. The second-order valence-electron chi connectivity index (χ2n) is 6.05. The molecule has 8 heteroatoms. The zero-order valence-electron chi connectivity index (χ0n) is 14.4. The Bertz CT molecular complexity index is 1040. The Morgan fingerprint density at radius 3 is 2.70 bits per heavy atom. The summed E-state index contributed by atoms with van der Waals surface area (Å²) in [5.41, 5.74) is 7.03. The quantitative estimate of drug-likeness (QED) is 0.459. The first-order chi connectivity index (χ1) is 12.7. The minimum Gasteiger partial charge on any atom is -1.00 e. The molecule has 1 atom stereocenters. The molecule has 0 bridgehead atoms. The van der Waals surface area contributed by atoms with Crippen molar-refractivity contribution in [2.75, 3.05) is 0 Å². The van der Waals surface area contributed by atoms with Gasteiger partial charge in [-0.05, 0) is 23.3 Å². The fraction of sp³-hybridized carbons (Fsp3) is 0.158. The lowest BCUT2D eigenvalue weighted by Gasteiger charge is -2.03. The summed E-state index contributed by atoms with van der Waals surface area (Å²) < 4.78 is 19.4. The Labute approximate surface area is 166 Å². The number of halogens is 2. The number of thioether (sulfide) groups is 1. The summed E-state index contributed by atoms with van der Waals surface area (Å²) in [6.45, 7) is 0. The standard InChI is InChI=1S/C19H17FN4OS.ClH/c20-15-7-3-1-5-12(15)11-26-19-24-23-18(25-19)16(21)9-13-10-22-17-8-4-2-6-14(13)17;/h1-8,10,16,22H,9,11,21H2;1H/t16-;/m0./s1. The number of aromatic amines is 1. The zero-order chi connectivity index (χ0) is 17.9. The molecule has 2 aromatic heterocycles. The number of hydrogen-bond donors (Lipinski definition) is 2. The molecule has 140 valence electrons. The van der Waals surface area contributed by atoms with Gasteiger partial charge in [-0.3, -0.25) is 0 Å². The molecule has 2 aromatic carbocycles. The van der Waals surface area contributed by atoms with Crippen LogP contribution in [0.3, 0.4) is 0 Å². The highest BCUT2D eigenvalue weighted by molar-refractivity contribution is 7.98. The maximum absolute atomic E-state index is 13.7. The zero-order valence-corrected chi connectivity index (χ0v) is 15.9. The van der Waals surface area contributed by atoms with Crippen LogP contribution in [0.5, 0.6) is 0 Å². The van der Waals surface area contributed by atoms with Crippen LogP contribution in [0.25, 0.3) is 10.9 Å². The van der Waals surface area contributed by atoms with Crippen molar-refractivity contribution in [2.45, 2.75) is 23.4 Å². The van der Waals surface area contributed by atoms with Gasteiger partial charge in [0.15, 0.2) is 6.04 Å². The van der Waals surface area contributed by atoms with E-state index < -0.39 is 0 Å². The van der Waals surface area contributed by atoms with E-state index in [1.165, 1.54) is 28.8 Å². The van der Waals surface area contributed by atoms with Crippen molar-refractivity contribution in [1.82, 2.24) is 15.2 Å². The number of quaternary nitrogens is 1. The third kappa shape index (κ3) is 4.32. The second-order valence-corrected chi connectivity index (χ2v) is 6.97. The molecule has 4 aromatic rings. The summed E-state index contributed by atoms with van der Waals surface area (Å²) in [5, 5.41) is 9.76. The van der Waals surface area contributed by atoms with Gasteiger partial charge in [-0.15, -0.1) is 10.2 Å². The van der Waals surface area contributed by atoms with E-state index in [-0.39, 0.29) is 24.3 Å². The number of rotatable bonds is 6. The fourth-order valence-corrected chi connectivity index (χ4v) is 3.61. The molecule has 5 nitrogen and oxygen atoms in total. The molecule has 0 saturated heterocycles. The average molecular weight is 405 g/mol. The maximum Gasteiger partial charge on any atom is 0.277 e. The minimum atomic E-state index is -0.228. The number of H-pyrrole nitrogens is 1. The molecule has 0 aliphatic rings. The number of para-hydroxylation sites is 1. The number of benzene rings is 2. The van der Waals surface area contributed by atoms with Gasteiger partial charge in [0, 0.05) is 29.3 Å². The average Bonchev–Trinajstić information content (AvgIpc) is 3.29. The summed E-state index contributed by atoms with van der Waals surface area (Å²) >= 11 is 1.32. The molecule has 4 N–H and O–H groups in total. The number of nitrogens with one attached hydrogen (secondary N) is 1. The summed E-state index contributed by atoms with van der Waals surface area (Å²) in [7, 11) is 0. The largest absolute Gasteiger partial charge is 1.00 e. The lowest BCUT2D eigenvalue weighted by molar-refractivity contribution is -0.431. The Morgan fingerprint density at radius 1 is 1.07 bits per heavy atom. The lowest BCUT2D eigenvalue weighted by atomic mass is 10.1. The van der Waals surface area contributed by atoms with E-state index in [1.807, 2.05) is 30.5 Å². The highest BCUT2D eigenvalue weighted by atomic mass is 35.5. The van der Waals surface area contributed by atoms with Gasteiger partial charge in [-0.25, -0.2) is 4.39 Å². The topological polar surface area (TPSA) is 82.4 Å². The van der Waals surface area contributed by atoms with Crippen molar-refractivity contribution in [2.24, 2.45) is 0 Å². The van der Waals surface area contributed by atoms with Crippen molar-refractivity contribution in [3.8, 4) is 0 Å². The van der Waals surface area contributed by atoms with Gasteiger partial charge in [-0.2, -0.15) is 0 Å². The van der Waals surface area contributed by atoms with Gasteiger partial charge in [0.05, 0.1) is 0 Å². The molecule has 2 heterocycles. The van der Waals surface area contributed by atoms with E-state index in [9.17, 15) is 4.39 Å². The highest BCUT2D eigenvalue weighted by Gasteiger charge is 2.20. The van der Waals surface area contributed by atoms with E-state index in [0.717, 1.165) is 5.52 Å². The Morgan fingerprint density at radius 2 is 1.85 bits per heavy atom. The van der Waals surface area contributed by atoms with E-state index in [2.05, 4.69) is 27.0 Å². The van der Waals surface area contributed by atoms with Gasteiger partial charge in [0.1, 0.15) is 5.82 Å². The van der Waals surface area contributed by atoms with Gasteiger partial charge < -0.3 is 27.5 Å². The van der Waals surface area contributed by atoms with E-state index in [4.69, 9.17) is 4.42 Å². The van der Waals surface area contributed by atoms with Crippen molar-refractivity contribution in [3.63, 3.8) is 0 Å². The molecular weight excluding hydrogens is 387 g/mol. The van der Waals surface area contributed by atoms with Crippen LogP contribution in [0.1, 0.15) is 23.1 Å². The number of hydrogen-bond acceptors (Lipinski definition) is 4. The van der Waals surface area contributed by atoms with Crippen LogP contribution in [0, 0.1) is 5.82 Å². The third-order valence-corrected chi connectivity index (χ3v) is 5.09. The van der Waals surface area contributed by atoms with Gasteiger partial charge in [0.25, 0.3) is 11.1 Å². The number of nitrogens with zero attached hydrogens (tertiary/aromatic N) is 2. The third-order valence-electron chi connectivity index (χ3n) is 4.22. The predicted octanol–water partition coefficient (Wildman–Crippen LogP) is 0.512. The number of aromatic nitrogens is 3. The molecule has 27 heavy (non-hydrogen) atoms.